The van der Waals surface area contributed by atoms with Gasteiger partial charge in [0.1, 0.15) is 0 Å². The lowest BCUT2D eigenvalue weighted by Crippen LogP contribution is -2.52. The summed E-state index contributed by atoms with van der Waals surface area (Å²) in [5.41, 5.74) is 0. The molecule has 0 saturated carbocycles. The molecule has 0 aromatic rings. The van der Waals surface area contributed by atoms with Gasteiger partial charge in [-0.25, -0.2) is 0 Å². The second-order valence-corrected chi connectivity index (χ2v) is 4.40. The number of nitrogens with one attached hydrogen (secondary N) is 1. The zero-order chi connectivity index (χ0) is 9.97. The van der Waals surface area contributed by atoms with E-state index in [1.165, 1.54) is 0 Å². The minimum Gasteiger partial charge on any atom is -0.315 e. The van der Waals surface area contributed by atoms with Gasteiger partial charge in [-0.2, -0.15) is 0 Å². The lowest BCUT2D eigenvalue weighted by molar-refractivity contribution is -0.125. The van der Waals surface area contributed by atoms with E-state index < -0.39 is 0 Å². The predicted octanol–water partition coefficient (Wildman–Crippen LogP) is -0.978. The Morgan fingerprint density at radius 1 is 1.29 bits per heavy atom. The zero-order valence-corrected chi connectivity index (χ0v) is 8.83. The first-order valence-corrected chi connectivity index (χ1v) is 5.40. The number of nitrogens with zero attached hydrogens (tertiary/aromatic N) is 2. The monoisotopic (exact) mass is 197 g/mol. The van der Waals surface area contributed by atoms with E-state index in [0.29, 0.717) is 18.2 Å². The Hall–Kier alpha value is -0.450. The first-order valence-electron chi connectivity index (χ1n) is 5.40. The Labute approximate surface area is 85.2 Å². The van der Waals surface area contributed by atoms with Crippen LogP contribution in [0, 0.1) is 5.92 Å². The molecule has 2 aliphatic rings. The molecular formula is C10H19N3O. The maximum absolute atomic E-state index is 11.7. The third-order valence-corrected chi connectivity index (χ3v) is 3.21. The van der Waals surface area contributed by atoms with Crippen molar-refractivity contribution >= 4 is 5.78 Å². The van der Waals surface area contributed by atoms with Crippen molar-refractivity contribution in [1.82, 2.24) is 15.1 Å². The maximum Gasteiger partial charge on any atom is 0.152 e. The Kier molecular flexibility index (Phi) is 3.15. The van der Waals surface area contributed by atoms with Gasteiger partial charge in [0, 0.05) is 45.2 Å². The van der Waals surface area contributed by atoms with Crippen molar-refractivity contribution in [2.45, 2.75) is 0 Å². The van der Waals surface area contributed by atoms with Crippen molar-refractivity contribution in [3.8, 4) is 0 Å². The summed E-state index contributed by atoms with van der Waals surface area (Å²) in [4.78, 5) is 16.3. The highest BCUT2D eigenvalue weighted by Gasteiger charge is 2.26. The van der Waals surface area contributed by atoms with Gasteiger partial charge in [0.05, 0.1) is 6.54 Å². The third-order valence-electron chi connectivity index (χ3n) is 3.21. The topological polar surface area (TPSA) is 35.6 Å². The highest BCUT2D eigenvalue weighted by atomic mass is 16.1. The molecule has 0 radical (unpaired) electrons. The number of carbonyl (C=O) groups excluding carboxylic acids is 1. The van der Waals surface area contributed by atoms with Gasteiger partial charge >= 0.3 is 0 Å². The van der Waals surface area contributed by atoms with Crippen LogP contribution in [0.1, 0.15) is 0 Å². The molecule has 2 rings (SSSR count). The number of hydrogen-bond acceptors (Lipinski definition) is 4. The smallest absolute Gasteiger partial charge is 0.152 e. The molecular weight excluding hydrogens is 178 g/mol. The van der Waals surface area contributed by atoms with Crippen LogP contribution in [0.2, 0.25) is 0 Å². The average molecular weight is 197 g/mol. The molecule has 0 spiro atoms. The maximum atomic E-state index is 11.7. The van der Waals surface area contributed by atoms with Crippen LogP contribution in [0.15, 0.2) is 0 Å². The summed E-state index contributed by atoms with van der Waals surface area (Å²) in [6, 6.07) is 0. The van der Waals surface area contributed by atoms with Gasteiger partial charge < -0.3 is 10.2 Å². The van der Waals surface area contributed by atoms with Crippen LogP contribution in [0.4, 0.5) is 0 Å². The van der Waals surface area contributed by atoms with Crippen LogP contribution < -0.4 is 5.32 Å². The number of likely N-dealkylation sites (N-methyl/N-ethyl adjacent to an activating group) is 1. The molecule has 0 atom stereocenters. The number of Topliss-reactive ketones (excluding diaryl/α,β-unsaturated/α-hetero) is 1. The summed E-state index contributed by atoms with van der Waals surface area (Å²) >= 11 is 0. The van der Waals surface area contributed by atoms with E-state index in [2.05, 4.69) is 22.2 Å². The van der Waals surface area contributed by atoms with Gasteiger partial charge in [0.25, 0.3) is 0 Å². The van der Waals surface area contributed by atoms with Crippen molar-refractivity contribution in [2.24, 2.45) is 5.92 Å². The van der Waals surface area contributed by atoms with Gasteiger partial charge in [0.2, 0.25) is 0 Å². The van der Waals surface area contributed by atoms with Crippen molar-refractivity contribution in [3.05, 3.63) is 0 Å². The Balaban J connectivity index is 1.71. The molecule has 0 aliphatic carbocycles. The second-order valence-electron chi connectivity index (χ2n) is 4.40. The molecule has 2 heterocycles. The predicted molar refractivity (Wildman–Crippen MR) is 55.3 cm³/mol. The van der Waals surface area contributed by atoms with Gasteiger partial charge in [-0.15, -0.1) is 0 Å². The number of carbonyl (C=O) groups is 1. The van der Waals surface area contributed by atoms with Crippen molar-refractivity contribution in [2.75, 3.05) is 52.9 Å². The number of ketones is 1. The van der Waals surface area contributed by atoms with E-state index in [0.717, 1.165) is 39.3 Å². The van der Waals surface area contributed by atoms with E-state index in [-0.39, 0.29) is 0 Å². The normalized spacial score (nSPS) is 26.1. The molecule has 14 heavy (non-hydrogen) atoms. The highest BCUT2D eigenvalue weighted by molar-refractivity contribution is 5.84. The first-order chi connectivity index (χ1) is 6.75. The molecule has 0 aromatic heterocycles. The Morgan fingerprint density at radius 3 is 2.43 bits per heavy atom. The van der Waals surface area contributed by atoms with Crippen LogP contribution in [0.5, 0.6) is 0 Å². The largest absolute Gasteiger partial charge is 0.315 e. The number of rotatable bonds is 3. The molecule has 2 aliphatic heterocycles. The molecule has 80 valence electrons. The highest BCUT2D eigenvalue weighted by Crippen LogP contribution is 2.07. The summed E-state index contributed by atoms with van der Waals surface area (Å²) in [6.07, 6.45) is 0. The SMILES string of the molecule is CN1CCN(CC(=O)C2CNC2)CC1. The summed E-state index contributed by atoms with van der Waals surface area (Å²) in [5, 5.41) is 3.14. The van der Waals surface area contributed by atoms with Crippen LogP contribution >= 0.6 is 0 Å². The van der Waals surface area contributed by atoms with Gasteiger partial charge in [-0.05, 0) is 7.05 Å². The first kappa shape index (κ1) is 10.1. The van der Waals surface area contributed by atoms with Crippen molar-refractivity contribution in [3.63, 3.8) is 0 Å². The molecule has 2 saturated heterocycles. The van der Waals surface area contributed by atoms with Crippen molar-refractivity contribution < 1.29 is 4.79 Å². The fourth-order valence-electron chi connectivity index (χ4n) is 1.87. The molecule has 4 heteroatoms. The summed E-state index contributed by atoms with van der Waals surface area (Å²) < 4.78 is 0. The molecule has 0 amide bonds. The molecule has 0 unspecified atom stereocenters. The van der Waals surface area contributed by atoms with Gasteiger partial charge in [-0.3, -0.25) is 9.69 Å². The summed E-state index contributed by atoms with van der Waals surface area (Å²) in [6.45, 7) is 6.73. The van der Waals surface area contributed by atoms with E-state index in [1.807, 2.05) is 0 Å². The zero-order valence-electron chi connectivity index (χ0n) is 8.83. The quantitative estimate of drug-likeness (QED) is 0.631. The average Bonchev–Trinajstić information content (AvgIpc) is 2.06. The lowest BCUT2D eigenvalue weighted by Gasteiger charge is -2.34. The van der Waals surface area contributed by atoms with Crippen LogP contribution in [0.3, 0.4) is 0 Å². The standard InChI is InChI=1S/C10H19N3O/c1-12-2-4-13(5-3-12)8-10(14)9-6-11-7-9/h9,11H,2-8H2,1H3. The van der Waals surface area contributed by atoms with E-state index in [1.54, 1.807) is 0 Å². The fourth-order valence-corrected chi connectivity index (χ4v) is 1.87. The molecule has 1 N–H and O–H groups in total. The summed E-state index contributed by atoms with van der Waals surface area (Å²) in [7, 11) is 2.13. The molecule has 4 nitrogen and oxygen atoms in total. The third kappa shape index (κ3) is 2.32. The van der Waals surface area contributed by atoms with E-state index >= 15 is 0 Å². The minimum absolute atomic E-state index is 0.301. The molecule has 0 aromatic carbocycles. The van der Waals surface area contributed by atoms with E-state index in [4.69, 9.17) is 0 Å². The van der Waals surface area contributed by atoms with Crippen LogP contribution in [-0.4, -0.2) is 68.4 Å². The minimum atomic E-state index is 0.301. The van der Waals surface area contributed by atoms with Gasteiger partial charge in [-0.1, -0.05) is 0 Å². The van der Waals surface area contributed by atoms with E-state index in [9.17, 15) is 4.79 Å². The van der Waals surface area contributed by atoms with Crippen LogP contribution in [0.25, 0.3) is 0 Å². The van der Waals surface area contributed by atoms with Gasteiger partial charge in [0.15, 0.2) is 5.78 Å². The Morgan fingerprint density at radius 2 is 1.93 bits per heavy atom. The molecule has 2 fully saturated rings. The van der Waals surface area contributed by atoms with Crippen LogP contribution in [-0.2, 0) is 4.79 Å². The fraction of sp³-hybridized carbons (Fsp3) is 0.900. The number of piperazine rings is 1. The second kappa shape index (κ2) is 4.38. The molecule has 0 bridgehead atoms. The lowest BCUT2D eigenvalue weighted by atomic mass is 9.97. The van der Waals surface area contributed by atoms with Crippen molar-refractivity contribution in [1.29, 1.82) is 0 Å². The Bertz CT molecular complexity index is 207. The summed E-state index contributed by atoms with van der Waals surface area (Å²) in [5.74, 6) is 0.725. The number of hydrogen-bond donors (Lipinski definition) is 1.